The van der Waals surface area contributed by atoms with Crippen molar-refractivity contribution in [1.82, 2.24) is 10.6 Å². The van der Waals surface area contributed by atoms with Gasteiger partial charge < -0.3 is 0 Å². The SMILES string of the molecule is O=C1N[C@@H]([C@@H](CO[I-]C(=O)c2ccccc2)OC(=O)c2ccccc2)CO1.O=C1N[C@H](COC(=O)c2ccccc2)[C@@H](CO[I-]C(=O)c2ccccc2)O1. The maximum absolute atomic E-state index is 12.3. The average Bonchev–Trinajstić information content (AvgIpc) is 3.81. The van der Waals surface area contributed by atoms with E-state index in [-0.39, 0.29) is 34.0 Å². The van der Waals surface area contributed by atoms with Crippen molar-refractivity contribution in [1.29, 1.82) is 0 Å². The van der Waals surface area contributed by atoms with Gasteiger partial charge >= 0.3 is 334 Å². The van der Waals surface area contributed by atoms with Crippen LogP contribution >= 0.6 is 0 Å². The number of amides is 2. The molecular formula is C38H34I2N2O12-2. The fourth-order valence-corrected chi connectivity index (χ4v) is 7.61. The minimum atomic E-state index is -1.24. The van der Waals surface area contributed by atoms with Gasteiger partial charge in [0.05, 0.1) is 0 Å². The first-order valence-electron chi connectivity index (χ1n) is 16.4. The van der Waals surface area contributed by atoms with E-state index >= 15 is 0 Å². The second-order valence-corrected chi connectivity index (χ2v) is 15.4. The van der Waals surface area contributed by atoms with Crippen LogP contribution in [0.4, 0.5) is 9.59 Å². The number of hydrogen-bond acceptors (Lipinski definition) is 12. The van der Waals surface area contributed by atoms with Gasteiger partial charge in [-0.2, -0.15) is 0 Å². The molecule has 16 heteroatoms. The average molecular weight is 965 g/mol. The molecule has 2 amide bonds. The van der Waals surface area contributed by atoms with Crippen LogP contribution in [-0.4, -0.2) is 82.4 Å². The molecule has 0 saturated carbocycles. The summed E-state index contributed by atoms with van der Waals surface area (Å²) in [4.78, 5) is 71.4. The van der Waals surface area contributed by atoms with Crippen molar-refractivity contribution in [3.05, 3.63) is 144 Å². The van der Waals surface area contributed by atoms with Gasteiger partial charge in [0.15, 0.2) is 0 Å². The molecule has 2 fully saturated rings. The number of nitrogens with one attached hydrogen (secondary N) is 2. The number of halogens is 2. The second-order valence-electron chi connectivity index (χ2n) is 11.3. The van der Waals surface area contributed by atoms with Crippen molar-refractivity contribution >= 4 is 31.7 Å². The quantitative estimate of drug-likeness (QED) is 0.0568. The van der Waals surface area contributed by atoms with Gasteiger partial charge in [-0.05, 0) is 0 Å². The van der Waals surface area contributed by atoms with Crippen LogP contribution in [0.15, 0.2) is 121 Å². The summed E-state index contributed by atoms with van der Waals surface area (Å²) < 4.78 is 31.7. The van der Waals surface area contributed by atoms with Crippen LogP contribution in [0, 0.1) is 0 Å². The van der Waals surface area contributed by atoms with Crippen LogP contribution < -0.4 is 53.9 Å². The Hall–Kier alpha value is -4.92. The normalized spacial score (nSPS) is 17.8. The summed E-state index contributed by atoms with van der Waals surface area (Å²) in [6.07, 6.45) is -2.55. The molecule has 2 N–H and O–H groups in total. The molecule has 0 unspecified atom stereocenters. The van der Waals surface area contributed by atoms with Crippen molar-refractivity contribution in [2.75, 3.05) is 26.4 Å². The molecule has 2 heterocycles. The minimum absolute atomic E-state index is 0.00126. The van der Waals surface area contributed by atoms with E-state index < -0.39 is 91.7 Å². The zero-order valence-electron chi connectivity index (χ0n) is 28.3. The summed E-state index contributed by atoms with van der Waals surface area (Å²) in [5.74, 6) is -1.01. The van der Waals surface area contributed by atoms with Gasteiger partial charge in [-0.15, -0.1) is 0 Å². The molecule has 0 spiro atoms. The fraction of sp³-hybridized carbons (Fsp3) is 0.211. The Kier molecular flexibility index (Phi) is 15.7. The number of carbonyl (C=O) groups is 6. The Labute approximate surface area is 331 Å². The first-order chi connectivity index (χ1) is 26.3. The Morgan fingerprint density at radius 1 is 0.630 bits per heavy atom. The molecule has 4 atom stereocenters. The zero-order chi connectivity index (χ0) is 38.1. The Morgan fingerprint density at radius 3 is 1.65 bits per heavy atom. The van der Waals surface area contributed by atoms with Gasteiger partial charge in [0, 0.05) is 0 Å². The van der Waals surface area contributed by atoms with Crippen LogP contribution in [0.3, 0.4) is 0 Å². The first-order valence-corrected chi connectivity index (χ1v) is 20.3. The van der Waals surface area contributed by atoms with E-state index in [1.54, 1.807) is 109 Å². The number of ether oxygens (including phenoxy) is 4. The van der Waals surface area contributed by atoms with E-state index in [1.807, 2.05) is 12.1 Å². The number of carbonyl (C=O) groups excluding carboxylic acids is 6. The predicted octanol–water partition coefficient (Wildman–Crippen LogP) is -1.64. The Balaban J connectivity index is 0.000000208. The van der Waals surface area contributed by atoms with E-state index in [9.17, 15) is 28.8 Å². The van der Waals surface area contributed by atoms with Crippen molar-refractivity contribution < 1.29 is 97.1 Å². The fourth-order valence-electron chi connectivity index (χ4n) is 4.75. The summed E-state index contributed by atoms with van der Waals surface area (Å²) in [6, 6.07) is 33.8. The number of cyclic esters (lactones) is 2. The maximum atomic E-state index is 12.3. The number of hydrogen-bond donors (Lipinski definition) is 2. The molecule has 0 aromatic heterocycles. The molecule has 14 nitrogen and oxygen atoms in total. The summed E-state index contributed by atoms with van der Waals surface area (Å²) >= 11 is -2.44. The summed E-state index contributed by atoms with van der Waals surface area (Å²) in [5.41, 5.74) is 2.00. The van der Waals surface area contributed by atoms with Gasteiger partial charge in [0.2, 0.25) is 0 Å². The molecule has 0 radical (unpaired) electrons. The third-order valence-electron chi connectivity index (χ3n) is 7.53. The zero-order valence-corrected chi connectivity index (χ0v) is 32.7. The van der Waals surface area contributed by atoms with Crippen LogP contribution in [-0.2, 0) is 25.1 Å². The molecule has 2 saturated heterocycles. The van der Waals surface area contributed by atoms with Gasteiger partial charge in [-0.25, -0.2) is 0 Å². The van der Waals surface area contributed by atoms with Crippen molar-refractivity contribution in [2.24, 2.45) is 0 Å². The monoisotopic (exact) mass is 964 g/mol. The van der Waals surface area contributed by atoms with Crippen LogP contribution in [0.5, 0.6) is 0 Å². The number of benzene rings is 4. The predicted molar refractivity (Wildman–Crippen MR) is 181 cm³/mol. The first kappa shape index (κ1) is 40.3. The molecule has 0 bridgehead atoms. The molecule has 2 aliphatic rings. The molecular weight excluding hydrogens is 930 g/mol. The van der Waals surface area contributed by atoms with Gasteiger partial charge in [-0.3, -0.25) is 0 Å². The Bertz CT molecular complexity index is 1870. The van der Waals surface area contributed by atoms with Crippen molar-refractivity contribution in [2.45, 2.75) is 24.3 Å². The summed E-state index contributed by atoms with van der Waals surface area (Å²) in [7, 11) is 0. The summed E-state index contributed by atoms with van der Waals surface area (Å²) in [6.45, 7) is 0.0925. The molecule has 6 rings (SSSR count). The molecule has 4 aromatic rings. The van der Waals surface area contributed by atoms with Crippen LogP contribution in [0.2, 0.25) is 0 Å². The third-order valence-corrected chi connectivity index (χ3v) is 10.9. The number of esters is 2. The van der Waals surface area contributed by atoms with E-state index in [2.05, 4.69) is 10.6 Å². The van der Waals surface area contributed by atoms with Gasteiger partial charge in [0.25, 0.3) is 0 Å². The molecule has 2 aliphatic heterocycles. The molecule has 0 aliphatic carbocycles. The number of alkyl carbamates (subject to hydrolysis) is 2. The number of rotatable bonds is 16. The van der Waals surface area contributed by atoms with Crippen LogP contribution in [0.25, 0.3) is 0 Å². The van der Waals surface area contributed by atoms with Crippen LogP contribution in [0.1, 0.15) is 41.4 Å². The van der Waals surface area contributed by atoms with E-state index in [0.717, 1.165) is 0 Å². The second kappa shape index (κ2) is 21.1. The third kappa shape index (κ3) is 12.6. The standard InChI is InChI=1S/2C19H17INO6/c22-17(13-7-3-1-4-8-13)20-26-12-16(15-11-25-19(24)21-15)27-18(23)14-9-5-2-6-10-14;22-17(13-7-3-1-4-8-13)20-26-12-16-15(21-19(24)27-16)11-25-18(23)14-9-5-2-6-10-14/h2*1-10,15-16H,11-12H2,(H,21,24)/q2*-1/t2*15-,16-/m11/s1. The van der Waals surface area contributed by atoms with Crippen molar-refractivity contribution in [3.8, 4) is 0 Å². The molecule has 54 heavy (non-hydrogen) atoms. The van der Waals surface area contributed by atoms with Gasteiger partial charge in [0.1, 0.15) is 0 Å². The van der Waals surface area contributed by atoms with Crippen molar-refractivity contribution in [3.63, 3.8) is 0 Å². The van der Waals surface area contributed by atoms with E-state index in [0.29, 0.717) is 22.3 Å². The summed E-state index contributed by atoms with van der Waals surface area (Å²) in [5, 5.41) is 5.18. The topological polar surface area (TPSA) is 182 Å². The van der Waals surface area contributed by atoms with E-state index in [1.165, 1.54) is 0 Å². The van der Waals surface area contributed by atoms with E-state index in [4.69, 9.17) is 25.1 Å². The Morgan fingerprint density at radius 2 is 1.13 bits per heavy atom. The molecule has 4 aromatic carbocycles. The van der Waals surface area contributed by atoms with Gasteiger partial charge in [-0.1, -0.05) is 0 Å². The molecule has 284 valence electrons.